The number of rotatable bonds is 3. The molecular weight excluding hydrogens is 422 g/mol. The quantitative estimate of drug-likeness (QED) is 0.382. The maximum atomic E-state index is 13.5. The third-order valence-electron chi connectivity index (χ3n) is 5.44. The molecule has 0 spiro atoms. The van der Waals surface area contributed by atoms with E-state index in [2.05, 4.69) is 45.0 Å². The standard InChI is InChI=1S/C27H26ClNOS/c1-18-5-15-23(16-6-18)29-25(30)24(31-26(29)20-9-13-22(28)14-10-20)17-19-7-11-21(12-8-19)27(2,3)4/h5-17,26H,1-4H3. The monoisotopic (exact) mass is 447 g/mol. The van der Waals surface area contributed by atoms with Crippen molar-refractivity contribution in [1.29, 1.82) is 0 Å². The lowest BCUT2D eigenvalue weighted by Crippen LogP contribution is -2.27. The Balaban J connectivity index is 1.71. The largest absolute Gasteiger partial charge is 0.291 e. The molecule has 3 aromatic carbocycles. The normalized spacial score (nSPS) is 18.1. The van der Waals surface area contributed by atoms with Gasteiger partial charge in [-0.15, -0.1) is 0 Å². The molecule has 1 saturated heterocycles. The average molecular weight is 448 g/mol. The first-order chi connectivity index (χ1) is 14.7. The molecule has 1 heterocycles. The Bertz CT molecular complexity index is 1110. The number of carbonyl (C=O) groups is 1. The third kappa shape index (κ3) is 4.73. The van der Waals surface area contributed by atoms with Gasteiger partial charge in [0.2, 0.25) is 0 Å². The molecule has 1 fully saturated rings. The van der Waals surface area contributed by atoms with Gasteiger partial charge in [0.05, 0.1) is 4.91 Å². The van der Waals surface area contributed by atoms with Gasteiger partial charge in [-0.3, -0.25) is 9.69 Å². The Morgan fingerprint density at radius 2 is 1.52 bits per heavy atom. The van der Waals surface area contributed by atoms with E-state index in [1.54, 1.807) is 11.8 Å². The fourth-order valence-corrected chi connectivity index (χ4v) is 4.96. The van der Waals surface area contributed by atoms with Crippen LogP contribution in [0.5, 0.6) is 0 Å². The molecule has 0 radical (unpaired) electrons. The molecule has 3 aromatic rings. The molecule has 1 aliphatic rings. The number of hydrogen-bond acceptors (Lipinski definition) is 2. The Kier molecular flexibility index (Phi) is 6.00. The van der Waals surface area contributed by atoms with E-state index in [4.69, 9.17) is 11.6 Å². The van der Waals surface area contributed by atoms with Gasteiger partial charge < -0.3 is 0 Å². The summed E-state index contributed by atoms with van der Waals surface area (Å²) in [4.78, 5) is 16.1. The van der Waals surface area contributed by atoms with Crippen LogP contribution in [-0.4, -0.2) is 5.91 Å². The van der Waals surface area contributed by atoms with Crippen molar-refractivity contribution in [3.63, 3.8) is 0 Å². The maximum absolute atomic E-state index is 13.5. The van der Waals surface area contributed by atoms with Crippen LogP contribution in [0.15, 0.2) is 77.7 Å². The third-order valence-corrected chi connectivity index (χ3v) is 6.95. The lowest BCUT2D eigenvalue weighted by Gasteiger charge is -2.24. The van der Waals surface area contributed by atoms with E-state index in [-0.39, 0.29) is 16.7 Å². The van der Waals surface area contributed by atoms with E-state index in [9.17, 15) is 4.79 Å². The van der Waals surface area contributed by atoms with Crippen LogP contribution in [0.3, 0.4) is 0 Å². The van der Waals surface area contributed by atoms with Crippen LogP contribution in [0, 0.1) is 6.92 Å². The number of hydrogen-bond donors (Lipinski definition) is 0. The number of halogens is 1. The molecule has 0 aromatic heterocycles. The predicted octanol–water partition coefficient (Wildman–Crippen LogP) is 7.77. The molecule has 1 atom stereocenters. The average Bonchev–Trinajstić information content (AvgIpc) is 3.05. The summed E-state index contributed by atoms with van der Waals surface area (Å²) in [5.41, 5.74) is 5.53. The van der Waals surface area contributed by atoms with Crippen LogP contribution in [0.25, 0.3) is 6.08 Å². The lowest BCUT2D eigenvalue weighted by molar-refractivity contribution is -0.114. The van der Waals surface area contributed by atoms with Crippen molar-refractivity contribution in [1.82, 2.24) is 0 Å². The van der Waals surface area contributed by atoms with E-state index in [1.165, 1.54) is 11.1 Å². The molecule has 0 bridgehead atoms. The van der Waals surface area contributed by atoms with Gasteiger partial charge >= 0.3 is 0 Å². The molecule has 0 saturated carbocycles. The van der Waals surface area contributed by atoms with Gasteiger partial charge in [0, 0.05) is 10.7 Å². The first-order valence-corrected chi connectivity index (χ1v) is 11.6. The van der Waals surface area contributed by atoms with Gasteiger partial charge in [-0.25, -0.2) is 0 Å². The highest BCUT2D eigenvalue weighted by Crippen LogP contribution is 2.48. The number of nitrogens with zero attached hydrogens (tertiary/aromatic N) is 1. The second-order valence-electron chi connectivity index (χ2n) is 8.91. The fourth-order valence-electron chi connectivity index (χ4n) is 3.58. The van der Waals surface area contributed by atoms with Crippen LogP contribution < -0.4 is 4.90 Å². The van der Waals surface area contributed by atoms with Crippen molar-refractivity contribution >= 4 is 41.0 Å². The molecule has 0 aliphatic carbocycles. The summed E-state index contributed by atoms with van der Waals surface area (Å²) in [6.45, 7) is 8.65. The highest BCUT2D eigenvalue weighted by molar-refractivity contribution is 8.05. The van der Waals surface area contributed by atoms with Crippen LogP contribution in [-0.2, 0) is 10.2 Å². The molecular formula is C27H26ClNOS. The zero-order valence-electron chi connectivity index (χ0n) is 18.2. The number of thioether (sulfide) groups is 1. The molecule has 0 N–H and O–H groups in total. The minimum Gasteiger partial charge on any atom is -0.291 e. The van der Waals surface area contributed by atoms with Gasteiger partial charge in [-0.1, -0.05) is 98.2 Å². The van der Waals surface area contributed by atoms with Crippen LogP contribution >= 0.6 is 23.4 Å². The van der Waals surface area contributed by atoms with Crippen LogP contribution in [0.1, 0.15) is 48.4 Å². The highest BCUT2D eigenvalue weighted by Gasteiger charge is 2.38. The lowest BCUT2D eigenvalue weighted by atomic mass is 9.87. The number of aryl methyl sites for hydroxylation is 1. The maximum Gasteiger partial charge on any atom is 0.266 e. The van der Waals surface area contributed by atoms with E-state index < -0.39 is 0 Å². The van der Waals surface area contributed by atoms with Gasteiger partial charge in [0.15, 0.2) is 0 Å². The molecule has 1 amide bonds. The first-order valence-electron chi connectivity index (χ1n) is 10.4. The minimum atomic E-state index is -0.132. The first kappa shape index (κ1) is 21.7. The summed E-state index contributed by atoms with van der Waals surface area (Å²) in [6, 6.07) is 24.3. The molecule has 31 heavy (non-hydrogen) atoms. The Morgan fingerprint density at radius 3 is 2.10 bits per heavy atom. The zero-order valence-corrected chi connectivity index (χ0v) is 19.8. The number of anilines is 1. The van der Waals surface area contributed by atoms with Crippen molar-refractivity contribution in [3.05, 3.63) is 105 Å². The Labute approximate surface area is 193 Å². The highest BCUT2D eigenvalue weighted by atomic mass is 35.5. The van der Waals surface area contributed by atoms with Crippen molar-refractivity contribution in [2.24, 2.45) is 0 Å². The Hall–Kier alpha value is -2.49. The second-order valence-corrected chi connectivity index (χ2v) is 10.5. The van der Waals surface area contributed by atoms with E-state index in [0.29, 0.717) is 5.02 Å². The van der Waals surface area contributed by atoms with E-state index >= 15 is 0 Å². The molecule has 1 unspecified atom stereocenters. The topological polar surface area (TPSA) is 20.3 Å². The molecule has 4 heteroatoms. The molecule has 1 aliphatic heterocycles. The number of carbonyl (C=O) groups excluding carboxylic acids is 1. The van der Waals surface area contributed by atoms with Crippen molar-refractivity contribution in [2.45, 2.75) is 38.5 Å². The number of amides is 1. The smallest absolute Gasteiger partial charge is 0.266 e. The van der Waals surface area contributed by atoms with Crippen LogP contribution in [0.4, 0.5) is 5.69 Å². The predicted molar refractivity (Wildman–Crippen MR) is 134 cm³/mol. The fraction of sp³-hybridized carbons (Fsp3) is 0.222. The van der Waals surface area contributed by atoms with Crippen molar-refractivity contribution in [2.75, 3.05) is 4.90 Å². The van der Waals surface area contributed by atoms with E-state index in [1.807, 2.05) is 66.4 Å². The van der Waals surface area contributed by atoms with Gasteiger partial charge in [-0.05, 0) is 59.4 Å². The summed E-state index contributed by atoms with van der Waals surface area (Å²) in [5, 5.41) is 0.558. The van der Waals surface area contributed by atoms with Crippen LogP contribution in [0.2, 0.25) is 5.02 Å². The van der Waals surface area contributed by atoms with E-state index in [0.717, 1.165) is 21.7 Å². The van der Waals surface area contributed by atoms with Crippen molar-refractivity contribution in [3.8, 4) is 0 Å². The summed E-state index contributed by atoms with van der Waals surface area (Å²) >= 11 is 7.68. The zero-order chi connectivity index (χ0) is 22.2. The molecule has 2 nitrogen and oxygen atoms in total. The van der Waals surface area contributed by atoms with Gasteiger partial charge in [-0.2, -0.15) is 0 Å². The van der Waals surface area contributed by atoms with Gasteiger partial charge in [0.1, 0.15) is 5.37 Å². The number of benzene rings is 3. The summed E-state index contributed by atoms with van der Waals surface area (Å²) in [7, 11) is 0. The van der Waals surface area contributed by atoms with Gasteiger partial charge in [0.25, 0.3) is 5.91 Å². The SMILES string of the molecule is Cc1ccc(N2C(=O)C(=Cc3ccc(C(C)(C)C)cc3)SC2c2ccc(Cl)cc2)cc1. The summed E-state index contributed by atoms with van der Waals surface area (Å²) < 4.78 is 0. The minimum absolute atomic E-state index is 0.0219. The Morgan fingerprint density at radius 1 is 0.903 bits per heavy atom. The second kappa shape index (κ2) is 8.57. The summed E-state index contributed by atoms with van der Waals surface area (Å²) in [6.07, 6.45) is 2.00. The van der Waals surface area contributed by atoms with Crippen molar-refractivity contribution < 1.29 is 4.79 Å². The molecule has 158 valence electrons. The summed E-state index contributed by atoms with van der Waals surface area (Å²) in [5.74, 6) is 0.0219. The molecule has 4 rings (SSSR count).